The van der Waals surface area contributed by atoms with E-state index < -0.39 is 0 Å². The van der Waals surface area contributed by atoms with E-state index in [1.807, 2.05) is 0 Å². The fourth-order valence-corrected chi connectivity index (χ4v) is 3.27. The lowest BCUT2D eigenvalue weighted by Gasteiger charge is -2.32. The topological polar surface area (TPSA) is 54.6 Å². The van der Waals surface area contributed by atoms with E-state index >= 15 is 0 Å². The van der Waals surface area contributed by atoms with Crippen LogP contribution in [0.25, 0.3) is 11.5 Å². The van der Waals surface area contributed by atoms with Gasteiger partial charge in [0.05, 0.1) is 6.61 Å². The molecule has 0 amide bonds. The summed E-state index contributed by atoms with van der Waals surface area (Å²) in [6, 6.07) is 8.48. The lowest BCUT2D eigenvalue weighted by molar-refractivity contribution is 0.148. The smallest absolute Gasteiger partial charge is 0.257 e. The largest absolute Gasteiger partial charge is 0.381 e. The van der Waals surface area contributed by atoms with Crippen LogP contribution in [0.4, 0.5) is 0 Å². The minimum Gasteiger partial charge on any atom is -0.381 e. The number of aromatic nitrogens is 2. The van der Waals surface area contributed by atoms with Gasteiger partial charge in [0.25, 0.3) is 5.89 Å². The molecule has 2 saturated heterocycles. The van der Waals surface area contributed by atoms with E-state index in [0.717, 1.165) is 57.1 Å². The lowest BCUT2D eigenvalue weighted by atomic mass is 10.1. The first-order chi connectivity index (χ1) is 11.8. The summed E-state index contributed by atoms with van der Waals surface area (Å²) in [6.07, 6.45) is 0.975. The Balaban J connectivity index is 1.40. The Hall–Kier alpha value is -1.76. The summed E-state index contributed by atoms with van der Waals surface area (Å²) in [5.74, 6) is 1.64. The Morgan fingerprint density at radius 3 is 2.62 bits per heavy atom. The fraction of sp³-hybridized carbons (Fsp3) is 0.556. The van der Waals surface area contributed by atoms with Gasteiger partial charge in [-0.15, -0.1) is 0 Å². The standard InChI is InChI=1S/C18H24N4O2/c1-21-7-9-22(10-8-21)12-14-2-4-15(5-3-14)18-19-17(20-24-18)16-6-11-23-13-16/h2-5,16H,6-13H2,1H3/t16-/m1/s1. The molecule has 2 aromatic rings. The molecule has 0 unspecified atom stereocenters. The number of ether oxygens (including phenoxy) is 1. The molecule has 2 aliphatic rings. The first-order valence-electron chi connectivity index (χ1n) is 8.69. The highest BCUT2D eigenvalue weighted by Gasteiger charge is 2.23. The van der Waals surface area contributed by atoms with E-state index in [4.69, 9.17) is 9.26 Å². The van der Waals surface area contributed by atoms with Crippen molar-refractivity contribution in [2.45, 2.75) is 18.9 Å². The van der Waals surface area contributed by atoms with E-state index in [1.54, 1.807) is 0 Å². The minimum atomic E-state index is 0.277. The molecule has 2 aliphatic heterocycles. The van der Waals surface area contributed by atoms with Gasteiger partial charge in [-0.1, -0.05) is 17.3 Å². The van der Waals surface area contributed by atoms with E-state index in [1.165, 1.54) is 5.56 Å². The van der Waals surface area contributed by atoms with Crippen molar-refractivity contribution in [2.75, 3.05) is 46.4 Å². The fourth-order valence-electron chi connectivity index (χ4n) is 3.27. The molecule has 24 heavy (non-hydrogen) atoms. The molecule has 1 aromatic carbocycles. The Labute approximate surface area is 142 Å². The van der Waals surface area contributed by atoms with Crippen LogP contribution in [0, 0.1) is 0 Å². The van der Waals surface area contributed by atoms with Crippen molar-refractivity contribution in [3.05, 3.63) is 35.7 Å². The number of likely N-dealkylation sites (N-methyl/N-ethyl adjacent to an activating group) is 1. The molecule has 6 heteroatoms. The quantitative estimate of drug-likeness (QED) is 0.855. The summed E-state index contributed by atoms with van der Waals surface area (Å²) in [7, 11) is 2.18. The summed E-state index contributed by atoms with van der Waals surface area (Å²) in [6.45, 7) is 7.05. The molecule has 2 fully saturated rings. The van der Waals surface area contributed by atoms with Crippen LogP contribution in [0.3, 0.4) is 0 Å². The third-order valence-corrected chi connectivity index (χ3v) is 4.94. The van der Waals surface area contributed by atoms with E-state index in [-0.39, 0.29) is 5.92 Å². The molecule has 128 valence electrons. The number of hydrogen-bond donors (Lipinski definition) is 0. The summed E-state index contributed by atoms with van der Waals surface area (Å²) >= 11 is 0. The molecule has 1 aromatic heterocycles. The molecule has 3 heterocycles. The van der Waals surface area contributed by atoms with Gasteiger partial charge in [0.1, 0.15) is 0 Å². The summed E-state index contributed by atoms with van der Waals surface area (Å²) in [5, 5.41) is 4.12. The van der Waals surface area contributed by atoms with Crippen molar-refractivity contribution >= 4 is 0 Å². The van der Waals surface area contributed by atoms with Gasteiger partial charge in [0, 0.05) is 50.8 Å². The summed E-state index contributed by atoms with van der Waals surface area (Å²) in [5.41, 5.74) is 2.31. The Morgan fingerprint density at radius 2 is 1.92 bits per heavy atom. The van der Waals surface area contributed by atoms with Crippen molar-refractivity contribution in [3.63, 3.8) is 0 Å². The Morgan fingerprint density at radius 1 is 1.12 bits per heavy atom. The maximum Gasteiger partial charge on any atom is 0.257 e. The van der Waals surface area contributed by atoms with Crippen LogP contribution >= 0.6 is 0 Å². The van der Waals surface area contributed by atoms with Crippen LogP contribution in [0.1, 0.15) is 23.7 Å². The molecular weight excluding hydrogens is 304 g/mol. The molecular formula is C18H24N4O2. The van der Waals surface area contributed by atoms with Gasteiger partial charge in [0.2, 0.25) is 0 Å². The average Bonchev–Trinajstić information content (AvgIpc) is 3.29. The van der Waals surface area contributed by atoms with Crippen LogP contribution in [0.5, 0.6) is 0 Å². The minimum absolute atomic E-state index is 0.277. The van der Waals surface area contributed by atoms with Crippen molar-refractivity contribution in [1.82, 2.24) is 19.9 Å². The third kappa shape index (κ3) is 3.50. The van der Waals surface area contributed by atoms with E-state index in [0.29, 0.717) is 12.5 Å². The van der Waals surface area contributed by atoms with Gasteiger partial charge in [-0.25, -0.2) is 0 Å². The lowest BCUT2D eigenvalue weighted by Crippen LogP contribution is -2.43. The molecule has 1 atom stereocenters. The second kappa shape index (κ2) is 7.01. The first kappa shape index (κ1) is 15.7. The average molecular weight is 328 g/mol. The second-order valence-electron chi connectivity index (χ2n) is 6.79. The van der Waals surface area contributed by atoms with Gasteiger partial charge in [-0.3, -0.25) is 4.90 Å². The van der Waals surface area contributed by atoms with E-state index in [2.05, 4.69) is 51.3 Å². The zero-order valence-corrected chi connectivity index (χ0v) is 14.1. The van der Waals surface area contributed by atoms with Crippen LogP contribution in [0.15, 0.2) is 28.8 Å². The molecule has 0 N–H and O–H groups in total. The van der Waals surface area contributed by atoms with Crippen molar-refractivity contribution < 1.29 is 9.26 Å². The maximum atomic E-state index is 5.43. The monoisotopic (exact) mass is 328 g/mol. The van der Waals surface area contributed by atoms with Crippen molar-refractivity contribution in [2.24, 2.45) is 0 Å². The second-order valence-corrected chi connectivity index (χ2v) is 6.79. The van der Waals surface area contributed by atoms with Gasteiger partial charge in [-0.2, -0.15) is 4.98 Å². The Bertz CT molecular complexity index is 656. The number of nitrogens with zero attached hydrogens (tertiary/aromatic N) is 4. The Kier molecular flexibility index (Phi) is 4.60. The van der Waals surface area contributed by atoms with Crippen LogP contribution < -0.4 is 0 Å². The van der Waals surface area contributed by atoms with Gasteiger partial charge in [-0.05, 0) is 31.2 Å². The molecule has 0 saturated carbocycles. The molecule has 6 nitrogen and oxygen atoms in total. The van der Waals surface area contributed by atoms with Crippen LogP contribution in [0.2, 0.25) is 0 Å². The third-order valence-electron chi connectivity index (χ3n) is 4.94. The highest BCUT2D eigenvalue weighted by atomic mass is 16.5. The van der Waals surface area contributed by atoms with Crippen molar-refractivity contribution in [1.29, 1.82) is 0 Å². The normalized spacial score (nSPS) is 23.0. The highest BCUT2D eigenvalue weighted by molar-refractivity contribution is 5.53. The predicted molar refractivity (Wildman–Crippen MR) is 90.7 cm³/mol. The van der Waals surface area contributed by atoms with E-state index in [9.17, 15) is 0 Å². The number of hydrogen-bond acceptors (Lipinski definition) is 6. The van der Waals surface area contributed by atoms with Crippen LogP contribution in [-0.4, -0.2) is 66.4 Å². The number of benzene rings is 1. The molecule has 4 rings (SSSR count). The van der Waals surface area contributed by atoms with Crippen LogP contribution in [-0.2, 0) is 11.3 Å². The van der Waals surface area contributed by atoms with Gasteiger partial charge in [0.15, 0.2) is 5.82 Å². The molecule has 0 spiro atoms. The molecule has 0 bridgehead atoms. The van der Waals surface area contributed by atoms with Crippen molar-refractivity contribution in [3.8, 4) is 11.5 Å². The summed E-state index contributed by atoms with van der Waals surface area (Å²) < 4.78 is 10.8. The van der Waals surface area contributed by atoms with Gasteiger partial charge < -0.3 is 14.2 Å². The SMILES string of the molecule is CN1CCN(Cc2ccc(-c3nc([C@@H]4CCOC4)no3)cc2)CC1. The number of rotatable bonds is 4. The maximum absolute atomic E-state index is 5.43. The predicted octanol–water partition coefficient (Wildman–Crippen LogP) is 1.99. The highest BCUT2D eigenvalue weighted by Crippen LogP contribution is 2.25. The van der Waals surface area contributed by atoms with Gasteiger partial charge >= 0.3 is 0 Å². The zero-order chi connectivity index (χ0) is 16.4. The number of piperazine rings is 1. The zero-order valence-electron chi connectivity index (χ0n) is 14.1. The molecule has 0 radical (unpaired) electrons. The summed E-state index contributed by atoms with van der Waals surface area (Å²) in [4.78, 5) is 9.42. The first-order valence-corrected chi connectivity index (χ1v) is 8.69. The molecule has 0 aliphatic carbocycles.